The summed E-state index contributed by atoms with van der Waals surface area (Å²) >= 11 is 0. The topological polar surface area (TPSA) is 0 Å². The minimum Gasteiger partial charge on any atom is -0.0683 e. The van der Waals surface area contributed by atoms with E-state index in [4.69, 9.17) is 0 Å². The van der Waals surface area contributed by atoms with Crippen LogP contribution in [0.3, 0.4) is 0 Å². The van der Waals surface area contributed by atoms with Crippen molar-refractivity contribution in [1.29, 1.82) is 0 Å². The highest BCUT2D eigenvalue weighted by molar-refractivity contribution is 6.13. The Morgan fingerprint density at radius 2 is 1.13 bits per heavy atom. The van der Waals surface area contributed by atoms with Crippen LogP contribution in [0.2, 0.25) is 0 Å². The van der Waals surface area contributed by atoms with E-state index in [1.165, 1.54) is 38.2 Å². The van der Waals surface area contributed by atoms with E-state index in [0.717, 1.165) is 0 Å². The standard InChI is InChI=1S/C21H16.C2H6/c1-15-10-12-16(13-11-15)21-14-17-6-2-3-7-18(17)19-8-4-5-9-20(19)21;1-2/h2-14H,1H3;1-2H3. The van der Waals surface area contributed by atoms with Crippen molar-refractivity contribution in [2.24, 2.45) is 0 Å². The average molecular weight is 298 g/mol. The smallest absolute Gasteiger partial charge is 0.00990 e. The molecule has 114 valence electrons. The van der Waals surface area contributed by atoms with E-state index < -0.39 is 0 Å². The lowest BCUT2D eigenvalue weighted by atomic mass is 9.93. The van der Waals surface area contributed by atoms with Crippen LogP contribution in [-0.2, 0) is 0 Å². The fourth-order valence-electron chi connectivity index (χ4n) is 3.03. The van der Waals surface area contributed by atoms with E-state index in [1.54, 1.807) is 0 Å². The highest BCUT2D eigenvalue weighted by Gasteiger charge is 2.07. The molecule has 0 nitrogen and oxygen atoms in total. The summed E-state index contributed by atoms with van der Waals surface area (Å²) in [5.41, 5.74) is 3.88. The molecular weight excluding hydrogens is 276 g/mol. The molecule has 23 heavy (non-hydrogen) atoms. The zero-order valence-corrected chi connectivity index (χ0v) is 14.0. The summed E-state index contributed by atoms with van der Waals surface area (Å²) in [6.45, 7) is 6.13. The first-order valence-corrected chi connectivity index (χ1v) is 8.30. The van der Waals surface area contributed by atoms with Crippen molar-refractivity contribution >= 4 is 21.5 Å². The molecule has 0 aliphatic carbocycles. The molecule has 0 radical (unpaired) electrons. The van der Waals surface area contributed by atoms with Crippen molar-refractivity contribution in [2.45, 2.75) is 20.8 Å². The maximum atomic E-state index is 2.31. The maximum absolute atomic E-state index is 2.31. The Morgan fingerprint density at radius 3 is 1.83 bits per heavy atom. The highest BCUT2D eigenvalue weighted by atomic mass is 14.1. The van der Waals surface area contributed by atoms with Crippen LogP contribution in [0.25, 0.3) is 32.7 Å². The molecule has 0 unspecified atom stereocenters. The van der Waals surface area contributed by atoms with E-state index in [2.05, 4.69) is 85.8 Å². The highest BCUT2D eigenvalue weighted by Crippen LogP contribution is 2.34. The van der Waals surface area contributed by atoms with Gasteiger partial charge in [0, 0.05) is 0 Å². The van der Waals surface area contributed by atoms with Gasteiger partial charge in [0.2, 0.25) is 0 Å². The molecule has 0 spiro atoms. The van der Waals surface area contributed by atoms with Crippen molar-refractivity contribution in [3.63, 3.8) is 0 Å². The summed E-state index contributed by atoms with van der Waals surface area (Å²) in [4.78, 5) is 0. The number of aryl methyl sites for hydroxylation is 1. The quantitative estimate of drug-likeness (QED) is 0.332. The van der Waals surface area contributed by atoms with Crippen LogP contribution in [0.15, 0.2) is 78.9 Å². The molecule has 0 N–H and O–H groups in total. The number of hydrogen-bond acceptors (Lipinski definition) is 0. The van der Waals surface area contributed by atoms with Crippen LogP contribution >= 0.6 is 0 Å². The van der Waals surface area contributed by atoms with E-state index in [-0.39, 0.29) is 0 Å². The van der Waals surface area contributed by atoms with Gasteiger partial charge >= 0.3 is 0 Å². The zero-order chi connectivity index (χ0) is 16.2. The van der Waals surface area contributed by atoms with Crippen LogP contribution in [0.4, 0.5) is 0 Å². The third-order valence-corrected chi connectivity index (χ3v) is 4.13. The predicted molar refractivity (Wildman–Crippen MR) is 103 cm³/mol. The van der Waals surface area contributed by atoms with Gasteiger partial charge < -0.3 is 0 Å². The Morgan fingerprint density at radius 1 is 0.565 bits per heavy atom. The van der Waals surface area contributed by atoms with Crippen molar-refractivity contribution in [2.75, 3.05) is 0 Å². The van der Waals surface area contributed by atoms with Gasteiger partial charge in [0.05, 0.1) is 0 Å². The van der Waals surface area contributed by atoms with Crippen LogP contribution in [0.1, 0.15) is 19.4 Å². The molecule has 0 bridgehead atoms. The summed E-state index contributed by atoms with van der Waals surface area (Å²) < 4.78 is 0. The molecule has 0 aliphatic heterocycles. The lowest BCUT2D eigenvalue weighted by Crippen LogP contribution is -1.84. The molecule has 0 fully saturated rings. The Bertz CT molecular complexity index is 931. The van der Waals surface area contributed by atoms with Gasteiger partial charge in [-0.3, -0.25) is 0 Å². The van der Waals surface area contributed by atoms with E-state index in [9.17, 15) is 0 Å². The first-order chi connectivity index (χ1) is 11.3. The van der Waals surface area contributed by atoms with Crippen LogP contribution in [-0.4, -0.2) is 0 Å². The first-order valence-electron chi connectivity index (χ1n) is 8.30. The van der Waals surface area contributed by atoms with Gasteiger partial charge in [0.1, 0.15) is 0 Å². The predicted octanol–water partition coefficient (Wildman–Crippen LogP) is 6.99. The molecule has 0 aliphatic rings. The molecule has 0 saturated heterocycles. The molecule has 0 saturated carbocycles. The van der Waals surface area contributed by atoms with Gasteiger partial charge in [-0.1, -0.05) is 92.2 Å². The van der Waals surface area contributed by atoms with Crippen molar-refractivity contribution in [1.82, 2.24) is 0 Å². The van der Waals surface area contributed by atoms with Crippen LogP contribution < -0.4 is 0 Å². The number of fused-ring (bicyclic) bond motifs is 3. The van der Waals surface area contributed by atoms with Crippen LogP contribution in [0, 0.1) is 6.92 Å². The SMILES string of the molecule is CC.Cc1ccc(-c2cc3ccccc3c3ccccc23)cc1. The third-order valence-electron chi connectivity index (χ3n) is 4.13. The van der Waals surface area contributed by atoms with Gasteiger partial charge in [-0.25, -0.2) is 0 Å². The van der Waals surface area contributed by atoms with Crippen LogP contribution in [0.5, 0.6) is 0 Å². The molecule has 0 heterocycles. The molecule has 4 aromatic rings. The fourth-order valence-corrected chi connectivity index (χ4v) is 3.03. The monoisotopic (exact) mass is 298 g/mol. The summed E-state index contributed by atoms with van der Waals surface area (Å²) in [6.07, 6.45) is 0. The minimum atomic E-state index is 1.28. The average Bonchev–Trinajstić information content (AvgIpc) is 2.63. The van der Waals surface area contributed by atoms with Crippen molar-refractivity contribution in [3.8, 4) is 11.1 Å². The van der Waals surface area contributed by atoms with Gasteiger partial charge in [0.25, 0.3) is 0 Å². The number of benzene rings is 4. The van der Waals surface area contributed by atoms with E-state index in [0.29, 0.717) is 0 Å². The Balaban J connectivity index is 0.000000753. The second-order valence-corrected chi connectivity index (χ2v) is 5.56. The molecule has 0 aromatic heterocycles. The zero-order valence-electron chi connectivity index (χ0n) is 14.0. The Labute approximate surface area is 138 Å². The fraction of sp³-hybridized carbons (Fsp3) is 0.130. The van der Waals surface area contributed by atoms with Gasteiger partial charge in [-0.2, -0.15) is 0 Å². The minimum absolute atomic E-state index is 1.28. The Hall–Kier alpha value is -2.60. The summed E-state index contributed by atoms with van der Waals surface area (Å²) in [7, 11) is 0. The molecule has 4 aromatic carbocycles. The van der Waals surface area contributed by atoms with E-state index in [1.807, 2.05) is 13.8 Å². The number of hydrogen-bond donors (Lipinski definition) is 0. The maximum Gasteiger partial charge on any atom is -0.00990 e. The summed E-state index contributed by atoms with van der Waals surface area (Å²) in [6, 6.07) is 28.4. The first kappa shape index (κ1) is 15.3. The number of rotatable bonds is 1. The lowest BCUT2D eigenvalue weighted by molar-refractivity contribution is 1.47. The third kappa shape index (κ3) is 2.85. The molecule has 0 atom stereocenters. The summed E-state index contributed by atoms with van der Waals surface area (Å²) in [5, 5.41) is 5.27. The second-order valence-electron chi connectivity index (χ2n) is 5.56. The molecule has 4 rings (SSSR count). The lowest BCUT2D eigenvalue weighted by Gasteiger charge is -2.11. The Kier molecular flexibility index (Phi) is 4.43. The van der Waals surface area contributed by atoms with Crippen molar-refractivity contribution < 1.29 is 0 Å². The van der Waals surface area contributed by atoms with Gasteiger partial charge in [-0.15, -0.1) is 0 Å². The second kappa shape index (κ2) is 6.66. The van der Waals surface area contributed by atoms with Gasteiger partial charge in [0.15, 0.2) is 0 Å². The largest absolute Gasteiger partial charge is 0.0683 e. The molecular formula is C23H22. The molecule has 0 amide bonds. The summed E-state index contributed by atoms with van der Waals surface area (Å²) in [5.74, 6) is 0. The molecule has 0 heteroatoms. The van der Waals surface area contributed by atoms with Crippen molar-refractivity contribution in [3.05, 3.63) is 84.4 Å². The normalized spacial score (nSPS) is 10.4. The van der Waals surface area contributed by atoms with Gasteiger partial charge in [-0.05, 0) is 45.7 Å². The van der Waals surface area contributed by atoms with E-state index >= 15 is 0 Å².